The Kier molecular flexibility index (Phi) is 4.63. The molecule has 1 N–H and O–H groups in total. The summed E-state index contributed by atoms with van der Waals surface area (Å²) in [6.07, 6.45) is 2.98. The summed E-state index contributed by atoms with van der Waals surface area (Å²) in [7, 11) is 1.91. The maximum absolute atomic E-state index is 4.61. The van der Waals surface area contributed by atoms with Crippen molar-refractivity contribution in [2.45, 2.75) is 38.2 Å². The van der Waals surface area contributed by atoms with E-state index in [1.165, 1.54) is 6.42 Å². The molecule has 0 fully saturated rings. The van der Waals surface area contributed by atoms with Gasteiger partial charge in [-0.2, -0.15) is 16.9 Å². The molecule has 104 valence electrons. The van der Waals surface area contributed by atoms with Crippen LogP contribution in [0.2, 0.25) is 0 Å². The van der Waals surface area contributed by atoms with E-state index in [0.29, 0.717) is 5.25 Å². The van der Waals surface area contributed by atoms with Crippen LogP contribution in [-0.2, 0) is 12.8 Å². The fourth-order valence-electron chi connectivity index (χ4n) is 1.77. The normalized spacial score (nSPS) is 12.8. The van der Waals surface area contributed by atoms with Crippen LogP contribution < -0.4 is 5.32 Å². The number of aromatic nitrogens is 4. The van der Waals surface area contributed by atoms with Crippen LogP contribution in [0.5, 0.6) is 0 Å². The lowest BCUT2D eigenvalue weighted by Gasteiger charge is -2.09. The van der Waals surface area contributed by atoms with Gasteiger partial charge in [-0.05, 0) is 13.3 Å². The van der Waals surface area contributed by atoms with Crippen molar-refractivity contribution in [3.63, 3.8) is 0 Å². The van der Waals surface area contributed by atoms with Gasteiger partial charge in [-0.3, -0.25) is 4.68 Å². The van der Waals surface area contributed by atoms with Gasteiger partial charge in [-0.25, -0.2) is 9.97 Å². The van der Waals surface area contributed by atoms with Crippen molar-refractivity contribution in [2.75, 3.05) is 11.9 Å². The number of thioether (sulfide) groups is 1. The molecule has 5 nitrogen and oxygen atoms in total. The molecule has 0 radical (unpaired) electrons. The molecule has 19 heavy (non-hydrogen) atoms. The Balaban J connectivity index is 2.31. The lowest BCUT2D eigenvalue weighted by molar-refractivity contribution is 0.782. The Morgan fingerprint density at radius 1 is 1.37 bits per heavy atom. The third-order valence-corrected chi connectivity index (χ3v) is 4.38. The molecule has 0 aliphatic heterocycles. The topological polar surface area (TPSA) is 55.6 Å². The zero-order chi connectivity index (χ0) is 13.8. The minimum atomic E-state index is 0.633. The van der Waals surface area contributed by atoms with Crippen LogP contribution in [-0.4, -0.2) is 31.5 Å². The van der Waals surface area contributed by atoms with Gasteiger partial charge >= 0.3 is 0 Å². The highest BCUT2D eigenvalue weighted by Gasteiger charge is 2.11. The lowest BCUT2D eigenvalue weighted by Crippen LogP contribution is -2.06. The van der Waals surface area contributed by atoms with Crippen LogP contribution in [0.25, 0.3) is 11.0 Å². The summed E-state index contributed by atoms with van der Waals surface area (Å²) in [5, 5.41) is 9.17. The fraction of sp³-hybridized carbons (Fsp3) is 0.615. The maximum atomic E-state index is 4.61. The predicted octanol–water partition coefficient (Wildman–Crippen LogP) is 2.83. The second-order valence-corrected chi connectivity index (χ2v) is 5.98. The van der Waals surface area contributed by atoms with Crippen LogP contribution in [0.15, 0.2) is 6.20 Å². The molecule has 2 aromatic rings. The zero-order valence-electron chi connectivity index (χ0n) is 12.0. The fourth-order valence-corrected chi connectivity index (χ4v) is 2.57. The van der Waals surface area contributed by atoms with Crippen LogP contribution in [0, 0.1) is 0 Å². The van der Waals surface area contributed by atoms with E-state index >= 15 is 0 Å². The maximum Gasteiger partial charge on any atom is 0.163 e. The molecule has 2 heterocycles. The molecule has 1 unspecified atom stereocenters. The second kappa shape index (κ2) is 6.23. The number of hydrogen-bond donors (Lipinski definition) is 1. The minimum absolute atomic E-state index is 0.633. The van der Waals surface area contributed by atoms with Gasteiger partial charge in [0.05, 0.1) is 17.3 Å². The molecule has 0 aliphatic rings. The van der Waals surface area contributed by atoms with Crippen LogP contribution >= 0.6 is 11.8 Å². The van der Waals surface area contributed by atoms with E-state index in [1.54, 1.807) is 4.68 Å². The third kappa shape index (κ3) is 3.18. The average Bonchev–Trinajstić information content (AvgIpc) is 2.78. The first kappa shape index (κ1) is 14.1. The van der Waals surface area contributed by atoms with E-state index in [0.717, 1.165) is 35.0 Å². The molecule has 0 aromatic carbocycles. The summed E-state index contributed by atoms with van der Waals surface area (Å²) in [6, 6.07) is 0. The molecular formula is C13H21N5S. The number of nitrogens with zero attached hydrogens (tertiary/aromatic N) is 4. The smallest absolute Gasteiger partial charge is 0.163 e. The Morgan fingerprint density at radius 2 is 2.16 bits per heavy atom. The number of rotatable bonds is 6. The van der Waals surface area contributed by atoms with E-state index < -0.39 is 0 Å². The van der Waals surface area contributed by atoms with Gasteiger partial charge in [0.25, 0.3) is 0 Å². The summed E-state index contributed by atoms with van der Waals surface area (Å²) in [6.45, 7) is 7.35. The lowest BCUT2D eigenvalue weighted by atomic mass is 10.4. The first-order valence-corrected chi connectivity index (χ1v) is 7.74. The van der Waals surface area contributed by atoms with Gasteiger partial charge in [0.2, 0.25) is 0 Å². The first-order valence-electron chi connectivity index (χ1n) is 6.69. The van der Waals surface area contributed by atoms with Crippen molar-refractivity contribution in [3.8, 4) is 0 Å². The minimum Gasteiger partial charge on any atom is -0.370 e. The molecule has 0 aliphatic carbocycles. The Morgan fingerprint density at radius 3 is 2.84 bits per heavy atom. The third-order valence-electron chi connectivity index (χ3n) is 3.05. The largest absolute Gasteiger partial charge is 0.370 e. The van der Waals surface area contributed by atoms with Crippen molar-refractivity contribution < 1.29 is 0 Å². The van der Waals surface area contributed by atoms with Crippen molar-refractivity contribution in [3.05, 3.63) is 12.0 Å². The Labute approximate surface area is 118 Å². The van der Waals surface area contributed by atoms with E-state index in [9.17, 15) is 0 Å². The monoisotopic (exact) mass is 279 g/mol. The van der Waals surface area contributed by atoms with Gasteiger partial charge in [0, 0.05) is 18.8 Å². The van der Waals surface area contributed by atoms with Gasteiger partial charge < -0.3 is 5.32 Å². The highest BCUT2D eigenvalue weighted by Crippen LogP contribution is 2.23. The number of fused-ring (bicyclic) bond motifs is 1. The van der Waals surface area contributed by atoms with E-state index in [2.05, 4.69) is 41.2 Å². The van der Waals surface area contributed by atoms with E-state index in [-0.39, 0.29) is 0 Å². The van der Waals surface area contributed by atoms with Crippen LogP contribution in [0.3, 0.4) is 0 Å². The standard InChI is InChI=1S/C13H21N5S/c1-5-9(3)19-8-11-16-12(14-6-2)10-7-15-18(4)13(10)17-11/h7,9H,5-6,8H2,1-4H3,(H,14,16,17). The predicted molar refractivity (Wildman–Crippen MR) is 81.5 cm³/mol. The van der Waals surface area contributed by atoms with Crippen molar-refractivity contribution in [1.29, 1.82) is 0 Å². The number of aryl methyl sites for hydroxylation is 1. The summed E-state index contributed by atoms with van der Waals surface area (Å²) in [5.74, 6) is 2.60. The molecule has 2 rings (SSSR count). The van der Waals surface area contributed by atoms with Crippen molar-refractivity contribution in [2.24, 2.45) is 7.05 Å². The molecule has 0 saturated carbocycles. The molecule has 0 amide bonds. The molecule has 2 aromatic heterocycles. The van der Waals surface area contributed by atoms with Crippen molar-refractivity contribution >= 4 is 28.6 Å². The number of hydrogen-bond acceptors (Lipinski definition) is 5. The summed E-state index contributed by atoms with van der Waals surface area (Å²) < 4.78 is 1.80. The molecule has 6 heteroatoms. The van der Waals surface area contributed by atoms with Gasteiger partial charge in [-0.15, -0.1) is 0 Å². The zero-order valence-corrected chi connectivity index (χ0v) is 12.8. The summed E-state index contributed by atoms with van der Waals surface area (Å²) >= 11 is 1.89. The average molecular weight is 279 g/mol. The number of nitrogens with one attached hydrogen (secondary N) is 1. The van der Waals surface area contributed by atoms with E-state index in [4.69, 9.17) is 0 Å². The number of anilines is 1. The highest BCUT2D eigenvalue weighted by atomic mass is 32.2. The summed E-state index contributed by atoms with van der Waals surface area (Å²) in [4.78, 5) is 9.23. The van der Waals surface area contributed by atoms with Gasteiger partial charge in [-0.1, -0.05) is 13.8 Å². The molecule has 1 atom stereocenters. The SMILES string of the molecule is CCNc1nc(CSC(C)CC)nc2c1cnn2C. The van der Waals surface area contributed by atoms with Gasteiger partial charge in [0.1, 0.15) is 11.6 Å². The van der Waals surface area contributed by atoms with Gasteiger partial charge in [0.15, 0.2) is 5.65 Å². The quantitative estimate of drug-likeness (QED) is 0.881. The Bertz CT molecular complexity index is 551. The second-order valence-electron chi connectivity index (χ2n) is 4.55. The van der Waals surface area contributed by atoms with Crippen molar-refractivity contribution in [1.82, 2.24) is 19.7 Å². The molecule has 0 bridgehead atoms. The molecule has 0 spiro atoms. The highest BCUT2D eigenvalue weighted by molar-refractivity contribution is 7.99. The first-order chi connectivity index (χ1) is 9.15. The van der Waals surface area contributed by atoms with E-state index in [1.807, 2.05) is 25.0 Å². The summed E-state index contributed by atoms with van der Waals surface area (Å²) in [5.41, 5.74) is 0.894. The molecule has 0 saturated heterocycles. The van der Waals surface area contributed by atoms with Crippen LogP contribution in [0.4, 0.5) is 5.82 Å². The van der Waals surface area contributed by atoms with Crippen LogP contribution in [0.1, 0.15) is 33.0 Å². The Hall–Kier alpha value is -1.30. The molecular weight excluding hydrogens is 258 g/mol.